The monoisotopic (exact) mass is 532 g/mol. The van der Waals surface area contributed by atoms with Gasteiger partial charge in [-0.25, -0.2) is 22.5 Å². The largest absolute Gasteiger partial charge is 0.355 e. The summed E-state index contributed by atoms with van der Waals surface area (Å²) in [6.45, 7) is 2.85. The molecule has 2 aliphatic heterocycles. The van der Waals surface area contributed by atoms with Crippen LogP contribution in [0.2, 0.25) is 5.02 Å². The molecule has 0 N–H and O–H groups in total. The van der Waals surface area contributed by atoms with E-state index in [0.717, 1.165) is 41.8 Å². The lowest BCUT2D eigenvalue weighted by Gasteiger charge is -2.59. The minimum atomic E-state index is -2.94. The van der Waals surface area contributed by atoms with Crippen molar-refractivity contribution >= 4 is 17.4 Å². The zero-order valence-corrected chi connectivity index (χ0v) is 20.7. The van der Waals surface area contributed by atoms with Crippen LogP contribution in [-0.4, -0.2) is 50.0 Å². The highest BCUT2D eigenvalue weighted by Crippen LogP contribution is 2.56. The number of rotatable bonds is 5. The summed E-state index contributed by atoms with van der Waals surface area (Å²) in [6.07, 6.45) is 0.0409. The summed E-state index contributed by atoms with van der Waals surface area (Å²) in [5, 5.41) is 9.74. The zero-order chi connectivity index (χ0) is 25.5. The van der Waals surface area contributed by atoms with Gasteiger partial charge in [0.2, 0.25) is 0 Å². The Balaban J connectivity index is 1.11. The van der Waals surface area contributed by atoms with Crippen LogP contribution < -0.4 is 4.90 Å². The van der Waals surface area contributed by atoms with Gasteiger partial charge in [-0.05, 0) is 61.6 Å². The molecular weight excluding hydrogens is 508 g/mol. The minimum absolute atomic E-state index is 0.0598. The lowest BCUT2D eigenvalue weighted by molar-refractivity contribution is 0.0579. The highest BCUT2D eigenvalue weighted by atomic mass is 35.5. The van der Waals surface area contributed by atoms with Crippen LogP contribution in [0.25, 0.3) is 5.69 Å². The van der Waals surface area contributed by atoms with Crippen molar-refractivity contribution in [2.24, 2.45) is 5.41 Å². The Kier molecular flexibility index (Phi) is 5.15. The van der Waals surface area contributed by atoms with Crippen LogP contribution in [0.1, 0.15) is 60.9 Å². The van der Waals surface area contributed by atoms with E-state index in [-0.39, 0.29) is 11.3 Å². The number of alkyl halides is 3. The van der Waals surface area contributed by atoms with Crippen molar-refractivity contribution in [2.45, 2.75) is 56.8 Å². The molecule has 11 heteroatoms. The molecule has 1 saturated heterocycles. The van der Waals surface area contributed by atoms with Crippen molar-refractivity contribution in [1.82, 2.24) is 24.6 Å². The number of hydrogen-bond donors (Lipinski definition) is 0. The fourth-order valence-corrected chi connectivity index (χ4v) is 6.48. The van der Waals surface area contributed by atoms with Crippen molar-refractivity contribution in [3.8, 4) is 5.69 Å². The van der Waals surface area contributed by atoms with Gasteiger partial charge in [-0.15, -0.1) is 10.2 Å². The van der Waals surface area contributed by atoms with Gasteiger partial charge >= 0.3 is 0 Å². The van der Waals surface area contributed by atoms with E-state index in [9.17, 15) is 17.6 Å². The molecule has 0 bridgehead atoms. The molecule has 4 heterocycles. The van der Waals surface area contributed by atoms with E-state index in [1.54, 1.807) is 0 Å². The summed E-state index contributed by atoms with van der Waals surface area (Å²) in [6, 6.07) is 8.30. The number of hydrogen-bond acceptors (Lipinski definition) is 5. The highest BCUT2D eigenvalue weighted by molar-refractivity contribution is 6.30. The quantitative estimate of drug-likeness (QED) is 0.401. The van der Waals surface area contributed by atoms with Crippen LogP contribution >= 0.6 is 11.6 Å². The fourth-order valence-electron chi connectivity index (χ4n) is 6.29. The molecule has 3 aromatic rings. The predicted octanol–water partition coefficient (Wildman–Crippen LogP) is 5.59. The minimum Gasteiger partial charge on any atom is -0.355 e. The van der Waals surface area contributed by atoms with E-state index in [0.29, 0.717) is 56.4 Å². The van der Waals surface area contributed by atoms with Crippen LogP contribution in [0.4, 0.5) is 23.4 Å². The second-order valence-electron chi connectivity index (χ2n) is 11.2. The molecule has 2 aliphatic carbocycles. The first kappa shape index (κ1) is 23.4. The van der Waals surface area contributed by atoms with Gasteiger partial charge in [-0.2, -0.15) is 0 Å². The number of nitrogens with zero attached hydrogens (tertiary/aromatic N) is 6. The lowest BCUT2D eigenvalue weighted by Crippen LogP contribution is -2.62. The fraction of sp³-hybridized carbons (Fsp3) is 0.500. The summed E-state index contributed by atoms with van der Waals surface area (Å²) in [7, 11) is 0. The smallest absolute Gasteiger partial charge is 0.283 e. The standard InChI is InChI=1S/C26H25ClF4N6/c27-17-1-3-19-15(7-17)10-35(14-26(31)5-6-26)11-21-33-34-24(37(19)21)16-8-25(9-16)12-36(13-25)20-4-2-18(28)22(32-20)23(29)30/h1-4,7,16,23H,5-6,8-14H2. The normalized spacial score (nSPS) is 21.8. The second kappa shape index (κ2) is 8.14. The molecule has 4 aliphatic rings. The number of fused-ring (bicyclic) bond motifs is 3. The van der Waals surface area contributed by atoms with E-state index in [2.05, 4.69) is 24.6 Å². The first-order valence-corrected chi connectivity index (χ1v) is 12.9. The molecule has 0 unspecified atom stereocenters. The Bertz CT molecular complexity index is 1380. The van der Waals surface area contributed by atoms with E-state index < -0.39 is 23.6 Å². The van der Waals surface area contributed by atoms with E-state index in [4.69, 9.17) is 11.6 Å². The lowest BCUT2D eigenvalue weighted by atomic mass is 9.57. The maximum absolute atomic E-state index is 14.6. The number of aromatic nitrogens is 4. The van der Waals surface area contributed by atoms with E-state index in [1.807, 2.05) is 23.1 Å². The van der Waals surface area contributed by atoms with Crippen molar-refractivity contribution in [3.63, 3.8) is 0 Å². The third-order valence-corrected chi connectivity index (χ3v) is 8.50. The topological polar surface area (TPSA) is 50.1 Å². The van der Waals surface area contributed by atoms with Gasteiger partial charge in [0.25, 0.3) is 6.43 Å². The Hall–Kier alpha value is -2.72. The summed E-state index contributed by atoms with van der Waals surface area (Å²) < 4.78 is 56.5. The Morgan fingerprint density at radius 2 is 1.84 bits per heavy atom. The van der Waals surface area contributed by atoms with Gasteiger partial charge in [0, 0.05) is 42.5 Å². The van der Waals surface area contributed by atoms with Gasteiger partial charge in [0.15, 0.2) is 11.6 Å². The summed E-state index contributed by atoms with van der Waals surface area (Å²) in [5.41, 5.74) is 0.159. The van der Waals surface area contributed by atoms with Gasteiger partial charge in [-0.1, -0.05) is 11.6 Å². The first-order valence-electron chi connectivity index (χ1n) is 12.5. The molecule has 0 radical (unpaired) electrons. The average Bonchev–Trinajstić information content (AvgIpc) is 3.42. The molecule has 194 valence electrons. The summed E-state index contributed by atoms with van der Waals surface area (Å²) >= 11 is 6.32. The molecule has 1 spiro atoms. The molecule has 0 atom stereocenters. The van der Waals surface area contributed by atoms with Crippen molar-refractivity contribution in [2.75, 3.05) is 24.5 Å². The maximum Gasteiger partial charge on any atom is 0.283 e. The number of pyridine rings is 1. The molecule has 2 saturated carbocycles. The third-order valence-electron chi connectivity index (χ3n) is 8.26. The van der Waals surface area contributed by atoms with Gasteiger partial charge in [0.05, 0.1) is 12.2 Å². The number of halogens is 5. The number of benzene rings is 1. The third kappa shape index (κ3) is 4.00. The molecule has 7 rings (SSSR count). The summed E-state index contributed by atoms with van der Waals surface area (Å²) in [5.74, 6) is 1.29. The predicted molar refractivity (Wildman–Crippen MR) is 129 cm³/mol. The maximum atomic E-state index is 14.6. The molecule has 6 nitrogen and oxygen atoms in total. The van der Waals surface area contributed by atoms with Crippen LogP contribution in [-0.2, 0) is 13.1 Å². The van der Waals surface area contributed by atoms with Crippen LogP contribution in [0.3, 0.4) is 0 Å². The second-order valence-corrected chi connectivity index (χ2v) is 11.6. The van der Waals surface area contributed by atoms with Crippen LogP contribution in [0.15, 0.2) is 30.3 Å². The molecule has 2 aromatic heterocycles. The SMILES string of the molecule is Fc1ccc(N2CC3(CC(c4nnc5n4-c4ccc(Cl)cc4CN(CC4(F)CC4)C5)C3)C2)nc1C(F)F. The van der Waals surface area contributed by atoms with Crippen LogP contribution in [0.5, 0.6) is 0 Å². The Labute approximate surface area is 216 Å². The first-order chi connectivity index (χ1) is 17.7. The van der Waals surface area contributed by atoms with Crippen molar-refractivity contribution in [1.29, 1.82) is 0 Å². The average molecular weight is 533 g/mol. The van der Waals surface area contributed by atoms with E-state index in [1.165, 1.54) is 6.07 Å². The Morgan fingerprint density at radius 3 is 2.57 bits per heavy atom. The zero-order valence-electron chi connectivity index (χ0n) is 20.0. The molecule has 3 fully saturated rings. The van der Waals surface area contributed by atoms with Gasteiger partial charge in [0.1, 0.15) is 23.0 Å². The molecule has 0 amide bonds. The van der Waals surface area contributed by atoms with Crippen molar-refractivity contribution < 1.29 is 17.6 Å². The highest BCUT2D eigenvalue weighted by Gasteiger charge is 2.54. The van der Waals surface area contributed by atoms with Gasteiger partial charge in [-0.3, -0.25) is 9.47 Å². The van der Waals surface area contributed by atoms with Gasteiger partial charge < -0.3 is 4.90 Å². The van der Waals surface area contributed by atoms with Crippen molar-refractivity contribution in [3.05, 3.63) is 64.1 Å². The number of anilines is 1. The van der Waals surface area contributed by atoms with Crippen LogP contribution in [0, 0.1) is 11.2 Å². The Morgan fingerprint density at radius 1 is 1.05 bits per heavy atom. The molecular formula is C26H25ClF4N6. The summed E-state index contributed by atoms with van der Waals surface area (Å²) in [4.78, 5) is 7.87. The molecule has 1 aromatic carbocycles. The van der Waals surface area contributed by atoms with E-state index >= 15 is 0 Å². The molecule has 37 heavy (non-hydrogen) atoms.